The summed E-state index contributed by atoms with van der Waals surface area (Å²) in [4.78, 5) is 0. The van der Waals surface area contributed by atoms with Crippen molar-refractivity contribution in [3.8, 4) is 5.75 Å². The van der Waals surface area contributed by atoms with Crippen LogP contribution in [0.3, 0.4) is 0 Å². The normalized spacial score (nSPS) is 14.0. The van der Waals surface area contributed by atoms with Crippen molar-refractivity contribution in [3.63, 3.8) is 0 Å². The maximum atomic E-state index is 5.24. The van der Waals surface area contributed by atoms with E-state index in [0.29, 0.717) is 6.04 Å². The number of nitrogens with one attached hydrogen (secondary N) is 1. The summed E-state index contributed by atoms with van der Waals surface area (Å²) in [6.45, 7) is 7.79. The highest BCUT2D eigenvalue weighted by Gasteiger charge is 2.16. The Labute approximate surface area is 124 Å². The molecule has 20 heavy (non-hydrogen) atoms. The highest BCUT2D eigenvalue weighted by atomic mass is 16.5. The lowest BCUT2D eigenvalue weighted by Crippen LogP contribution is -2.23. The number of hydrogen-bond donors (Lipinski definition) is 1. The van der Waals surface area contributed by atoms with Crippen LogP contribution in [0.25, 0.3) is 0 Å². The van der Waals surface area contributed by atoms with E-state index in [9.17, 15) is 0 Å². The predicted molar refractivity (Wildman–Crippen MR) is 87.3 cm³/mol. The van der Waals surface area contributed by atoms with Crippen LogP contribution in [0.2, 0.25) is 0 Å². The van der Waals surface area contributed by atoms with Crippen molar-refractivity contribution in [1.29, 1.82) is 0 Å². The molecule has 114 valence electrons. The van der Waals surface area contributed by atoms with Crippen molar-refractivity contribution in [2.75, 3.05) is 13.7 Å². The Morgan fingerprint density at radius 3 is 2.30 bits per heavy atom. The molecule has 1 rings (SSSR count). The van der Waals surface area contributed by atoms with E-state index in [1.807, 2.05) is 0 Å². The Morgan fingerprint density at radius 1 is 1.10 bits per heavy atom. The Morgan fingerprint density at radius 2 is 1.80 bits per heavy atom. The first kappa shape index (κ1) is 17.0. The summed E-state index contributed by atoms with van der Waals surface area (Å²) in [6.07, 6.45) is 6.50. The first-order chi connectivity index (χ1) is 9.74. The molecular weight excluding hydrogens is 246 g/mol. The van der Waals surface area contributed by atoms with Crippen LogP contribution in [0, 0.1) is 5.92 Å². The van der Waals surface area contributed by atoms with Gasteiger partial charge in [-0.05, 0) is 36.6 Å². The fourth-order valence-corrected chi connectivity index (χ4v) is 2.73. The van der Waals surface area contributed by atoms with Crippen molar-refractivity contribution < 1.29 is 4.74 Å². The standard InChI is InChI=1S/C18H31NO/c1-5-8-9-15(6-2)14-18(19-7-3)16-10-12-17(20-4)13-11-16/h10-13,15,18-19H,5-9,14H2,1-4H3. The molecule has 0 aromatic heterocycles. The molecule has 2 unspecified atom stereocenters. The zero-order valence-electron chi connectivity index (χ0n) is 13.6. The zero-order chi connectivity index (χ0) is 14.8. The highest BCUT2D eigenvalue weighted by molar-refractivity contribution is 5.29. The number of unbranched alkanes of at least 4 members (excludes halogenated alkanes) is 1. The largest absolute Gasteiger partial charge is 0.497 e. The number of rotatable bonds is 10. The van der Waals surface area contributed by atoms with E-state index in [1.54, 1.807) is 7.11 Å². The van der Waals surface area contributed by atoms with Gasteiger partial charge in [-0.1, -0.05) is 58.6 Å². The minimum atomic E-state index is 0.465. The quantitative estimate of drug-likeness (QED) is 0.653. The Kier molecular flexibility index (Phi) is 8.36. The number of ether oxygens (including phenoxy) is 1. The minimum Gasteiger partial charge on any atom is -0.497 e. The third kappa shape index (κ3) is 5.54. The molecule has 0 aliphatic rings. The van der Waals surface area contributed by atoms with Gasteiger partial charge in [-0.25, -0.2) is 0 Å². The minimum absolute atomic E-state index is 0.465. The second-order valence-electron chi connectivity index (χ2n) is 5.54. The SMILES string of the molecule is CCCCC(CC)CC(NCC)c1ccc(OC)cc1. The van der Waals surface area contributed by atoms with Gasteiger partial charge in [0.05, 0.1) is 7.11 Å². The van der Waals surface area contributed by atoms with Crippen molar-refractivity contribution >= 4 is 0 Å². The summed E-state index contributed by atoms with van der Waals surface area (Å²) in [6, 6.07) is 8.98. The second-order valence-corrected chi connectivity index (χ2v) is 5.54. The van der Waals surface area contributed by atoms with E-state index in [1.165, 1.54) is 37.7 Å². The lowest BCUT2D eigenvalue weighted by Gasteiger charge is -2.24. The summed E-state index contributed by atoms with van der Waals surface area (Å²) < 4.78 is 5.24. The molecule has 0 heterocycles. The average Bonchev–Trinajstić information content (AvgIpc) is 2.50. The van der Waals surface area contributed by atoms with Gasteiger partial charge in [0.15, 0.2) is 0 Å². The van der Waals surface area contributed by atoms with Gasteiger partial charge in [0.2, 0.25) is 0 Å². The van der Waals surface area contributed by atoms with Gasteiger partial charge in [0, 0.05) is 6.04 Å². The molecule has 1 N–H and O–H groups in total. The maximum Gasteiger partial charge on any atom is 0.118 e. The van der Waals surface area contributed by atoms with Crippen LogP contribution >= 0.6 is 0 Å². The van der Waals surface area contributed by atoms with E-state index < -0.39 is 0 Å². The van der Waals surface area contributed by atoms with Crippen molar-refractivity contribution in [2.24, 2.45) is 5.92 Å². The fourth-order valence-electron chi connectivity index (χ4n) is 2.73. The number of benzene rings is 1. The molecule has 0 aliphatic heterocycles. The van der Waals surface area contributed by atoms with Crippen LogP contribution < -0.4 is 10.1 Å². The van der Waals surface area contributed by atoms with Crippen LogP contribution in [-0.4, -0.2) is 13.7 Å². The third-order valence-electron chi connectivity index (χ3n) is 4.08. The maximum absolute atomic E-state index is 5.24. The number of hydrogen-bond acceptors (Lipinski definition) is 2. The molecule has 0 bridgehead atoms. The lowest BCUT2D eigenvalue weighted by atomic mass is 9.89. The summed E-state index contributed by atoms with van der Waals surface area (Å²) in [7, 11) is 1.72. The monoisotopic (exact) mass is 277 g/mol. The molecule has 0 saturated heterocycles. The van der Waals surface area contributed by atoms with E-state index in [-0.39, 0.29) is 0 Å². The van der Waals surface area contributed by atoms with Gasteiger partial charge in [0.25, 0.3) is 0 Å². The molecule has 0 fully saturated rings. The van der Waals surface area contributed by atoms with E-state index >= 15 is 0 Å². The molecule has 0 amide bonds. The van der Waals surface area contributed by atoms with Gasteiger partial charge in [-0.3, -0.25) is 0 Å². The van der Waals surface area contributed by atoms with Gasteiger partial charge >= 0.3 is 0 Å². The third-order valence-corrected chi connectivity index (χ3v) is 4.08. The molecule has 0 saturated carbocycles. The van der Waals surface area contributed by atoms with Crippen LogP contribution in [-0.2, 0) is 0 Å². The van der Waals surface area contributed by atoms with Crippen LogP contribution in [0.5, 0.6) is 5.75 Å². The van der Waals surface area contributed by atoms with Crippen LogP contribution in [0.15, 0.2) is 24.3 Å². The van der Waals surface area contributed by atoms with Gasteiger partial charge < -0.3 is 10.1 Å². The summed E-state index contributed by atoms with van der Waals surface area (Å²) in [5, 5.41) is 3.64. The molecule has 0 spiro atoms. The van der Waals surface area contributed by atoms with E-state index in [4.69, 9.17) is 4.74 Å². The molecule has 0 radical (unpaired) electrons. The number of methoxy groups -OCH3 is 1. The smallest absolute Gasteiger partial charge is 0.118 e. The fraction of sp³-hybridized carbons (Fsp3) is 0.667. The average molecular weight is 277 g/mol. The van der Waals surface area contributed by atoms with Crippen LogP contribution in [0.4, 0.5) is 0 Å². The van der Waals surface area contributed by atoms with Crippen molar-refractivity contribution in [1.82, 2.24) is 5.32 Å². The molecular formula is C18H31NO. The summed E-state index contributed by atoms with van der Waals surface area (Å²) >= 11 is 0. The zero-order valence-corrected chi connectivity index (χ0v) is 13.6. The van der Waals surface area contributed by atoms with Gasteiger partial charge in [-0.15, -0.1) is 0 Å². The summed E-state index contributed by atoms with van der Waals surface area (Å²) in [5.41, 5.74) is 1.38. The molecule has 1 aromatic carbocycles. The van der Waals surface area contributed by atoms with Gasteiger partial charge in [-0.2, -0.15) is 0 Å². The van der Waals surface area contributed by atoms with Gasteiger partial charge in [0.1, 0.15) is 5.75 Å². The predicted octanol–water partition coefficient (Wildman–Crippen LogP) is 4.95. The van der Waals surface area contributed by atoms with E-state index in [0.717, 1.165) is 18.2 Å². The van der Waals surface area contributed by atoms with Crippen LogP contribution in [0.1, 0.15) is 64.5 Å². The molecule has 2 nitrogen and oxygen atoms in total. The topological polar surface area (TPSA) is 21.3 Å². The molecule has 2 heteroatoms. The molecule has 2 atom stereocenters. The molecule has 0 aliphatic carbocycles. The molecule has 1 aromatic rings. The van der Waals surface area contributed by atoms with E-state index in [2.05, 4.69) is 50.4 Å². The Balaban J connectivity index is 2.70. The highest BCUT2D eigenvalue weighted by Crippen LogP contribution is 2.27. The van der Waals surface area contributed by atoms with Crippen molar-refractivity contribution in [3.05, 3.63) is 29.8 Å². The second kappa shape index (κ2) is 9.82. The lowest BCUT2D eigenvalue weighted by molar-refractivity contribution is 0.356. The first-order valence-corrected chi connectivity index (χ1v) is 8.12. The Bertz CT molecular complexity index is 347. The first-order valence-electron chi connectivity index (χ1n) is 8.12. The van der Waals surface area contributed by atoms with Crippen molar-refractivity contribution in [2.45, 2.75) is 58.9 Å². The summed E-state index contributed by atoms with van der Waals surface area (Å²) in [5.74, 6) is 1.75. The Hall–Kier alpha value is -1.02.